The molecule has 1 amide bonds. The number of hydrogen-bond donors (Lipinski definition) is 2. The Balaban J connectivity index is 1.35. The molecule has 168 valence electrons. The third-order valence-electron chi connectivity index (χ3n) is 6.79. The molecule has 2 aromatic carbocycles. The summed E-state index contributed by atoms with van der Waals surface area (Å²) in [6.07, 6.45) is 6.39. The van der Waals surface area contributed by atoms with Crippen molar-refractivity contribution in [3.63, 3.8) is 0 Å². The van der Waals surface area contributed by atoms with Crippen molar-refractivity contribution in [1.82, 2.24) is 9.88 Å². The van der Waals surface area contributed by atoms with Gasteiger partial charge in [0.05, 0.1) is 5.41 Å². The van der Waals surface area contributed by atoms with E-state index >= 15 is 0 Å². The summed E-state index contributed by atoms with van der Waals surface area (Å²) < 4.78 is 1.91. The van der Waals surface area contributed by atoms with Crippen molar-refractivity contribution in [3.8, 4) is 0 Å². The number of hydrogen-bond acceptors (Lipinski definition) is 2. The molecule has 1 aliphatic rings. The first-order chi connectivity index (χ1) is 15.5. The van der Waals surface area contributed by atoms with Crippen molar-refractivity contribution >= 4 is 22.8 Å². The van der Waals surface area contributed by atoms with Crippen molar-refractivity contribution in [2.75, 3.05) is 6.54 Å². The number of rotatable bonds is 9. The maximum absolute atomic E-state index is 13.1. The Labute approximate surface area is 189 Å². The second-order valence-corrected chi connectivity index (χ2v) is 9.21. The summed E-state index contributed by atoms with van der Waals surface area (Å²) in [6.45, 7) is 2.71. The number of nitrogens with zero attached hydrogens (tertiary/aromatic N) is 1. The topological polar surface area (TPSA) is 71.3 Å². The Hall–Kier alpha value is -3.08. The van der Waals surface area contributed by atoms with Crippen LogP contribution in [0, 0.1) is 5.41 Å². The molecular weight excluding hydrogens is 400 g/mol. The molecule has 0 saturated carbocycles. The van der Waals surface area contributed by atoms with E-state index in [-0.39, 0.29) is 12.5 Å². The molecule has 5 heteroatoms. The molecule has 0 saturated heterocycles. The zero-order valence-corrected chi connectivity index (χ0v) is 18.8. The molecule has 1 heterocycles. The first-order valence-corrected chi connectivity index (χ1v) is 11.6. The molecule has 1 atom stereocenters. The molecule has 32 heavy (non-hydrogen) atoms. The smallest absolute Gasteiger partial charge is 0.323 e. The van der Waals surface area contributed by atoms with E-state index in [1.165, 1.54) is 5.56 Å². The van der Waals surface area contributed by atoms with E-state index < -0.39 is 11.4 Å². The third-order valence-corrected chi connectivity index (χ3v) is 6.79. The molecule has 0 bridgehead atoms. The zero-order valence-electron chi connectivity index (χ0n) is 18.8. The fourth-order valence-corrected chi connectivity index (χ4v) is 4.98. The van der Waals surface area contributed by atoms with Gasteiger partial charge in [-0.3, -0.25) is 9.59 Å². The highest BCUT2D eigenvalue weighted by Crippen LogP contribution is 2.40. The van der Waals surface area contributed by atoms with Crippen molar-refractivity contribution < 1.29 is 14.7 Å². The molecular formula is C27H32N2O3. The molecule has 5 nitrogen and oxygen atoms in total. The van der Waals surface area contributed by atoms with Gasteiger partial charge in [0.25, 0.3) is 0 Å². The van der Waals surface area contributed by atoms with E-state index in [9.17, 15) is 14.7 Å². The normalized spacial score (nSPS) is 17.8. The van der Waals surface area contributed by atoms with Crippen LogP contribution in [-0.4, -0.2) is 28.1 Å². The van der Waals surface area contributed by atoms with Gasteiger partial charge in [-0.05, 0) is 55.7 Å². The zero-order chi connectivity index (χ0) is 22.6. The van der Waals surface area contributed by atoms with E-state index in [0.29, 0.717) is 13.0 Å². The molecule has 1 aromatic heterocycles. The van der Waals surface area contributed by atoms with Gasteiger partial charge in [0.1, 0.15) is 6.54 Å². The van der Waals surface area contributed by atoms with Crippen molar-refractivity contribution in [2.45, 2.75) is 58.4 Å². The summed E-state index contributed by atoms with van der Waals surface area (Å²) in [7, 11) is 0. The van der Waals surface area contributed by atoms with Crippen molar-refractivity contribution in [2.24, 2.45) is 5.41 Å². The summed E-state index contributed by atoms with van der Waals surface area (Å²) in [5.41, 5.74) is 4.05. The van der Waals surface area contributed by atoms with E-state index in [0.717, 1.165) is 60.7 Å². The number of carbonyl (C=O) groups is 2. The van der Waals surface area contributed by atoms with Gasteiger partial charge < -0.3 is 15.0 Å². The fraction of sp³-hybridized carbons (Fsp3) is 0.407. The van der Waals surface area contributed by atoms with Crippen LogP contribution in [0.15, 0.2) is 54.6 Å². The number of fused-ring (bicyclic) bond motifs is 3. The highest BCUT2D eigenvalue weighted by atomic mass is 16.4. The van der Waals surface area contributed by atoms with Crippen LogP contribution < -0.4 is 5.32 Å². The van der Waals surface area contributed by atoms with E-state index in [4.69, 9.17) is 0 Å². The van der Waals surface area contributed by atoms with Gasteiger partial charge in [0.15, 0.2) is 0 Å². The molecule has 0 spiro atoms. The summed E-state index contributed by atoms with van der Waals surface area (Å²) >= 11 is 0. The minimum atomic E-state index is -0.841. The Bertz CT molecular complexity index is 1100. The molecule has 2 N–H and O–H groups in total. The predicted molar refractivity (Wildman–Crippen MR) is 127 cm³/mol. The second kappa shape index (κ2) is 9.60. The second-order valence-electron chi connectivity index (χ2n) is 9.21. The summed E-state index contributed by atoms with van der Waals surface area (Å²) in [6, 6.07) is 18.5. The summed E-state index contributed by atoms with van der Waals surface area (Å²) in [4.78, 5) is 24.5. The van der Waals surface area contributed by atoms with Crippen LogP contribution >= 0.6 is 0 Å². The van der Waals surface area contributed by atoms with Gasteiger partial charge in [0.2, 0.25) is 5.91 Å². The van der Waals surface area contributed by atoms with Crippen LogP contribution in [0.4, 0.5) is 0 Å². The lowest BCUT2D eigenvalue weighted by molar-refractivity contribution is -0.137. The van der Waals surface area contributed by atoms with Crippen molar-refractivity contribution in [1.29, 1.82) is 0 Å². The van der Waals surface area contributed by atoms with Gasteiger partial charge in [-0.1, -0.05) is 61.9 Å². The Morgan fingerprint density at radius 2 is 1.78 bits per heavy atom. The number of unbranched alkanes of at least 4 members (excludes halogenated alkanes) is 2. The average molecular weight is 433 g/mol. The summed E-state index contributed by atoms with van der Waals surface area (Å²) in [5, 5.41) is 13.6. The largest absolute Gasteiger partial charge is 0.480 e. The number of aryl methyl sites for hydroxylation is 1. The molecule has 0 aliphatic heterocycles. The Morgan fingerprint density at radius 1 is 1.03 bits per heavy atom. The standard InChI is InChI=1S/C27H32N2O3/c1-27(26(32)28-17-9-3-6-12-20-10-4-2-5-11-20)16-15-24-22(18-27)21-13-7-8-14-23(21)29(24)19-25(30)31/h2,4-5,7-8,10-11,13-14H,3,6,9,12,15-19H2,1H3,(H,28,32)(H,30,31). The Morgan fingerprint density at radius 3 is 2.56 bits per heavy atom. The van der Waals surface area contributed by atoms with Crippen LogP contribution in [-0.2, 0) is 35.4 Å². The number of aliphatic carboxylic acids is 1. The number of carboxylic acids is 1. The van der Waals surface area contributed by atoms with E-state index in [2.05, 4.69) is 29.6 Å². The number of carboxylic acid groups (broad SMARTS) is 1. The Kier molecular flexibility index (Phi) is 6.63. The van der Waals surface area contributed by atoms with E-state index in [1.807, 2.05) is 41.8 Å². The lowest BCUT2D eigenvalue weighted by Gasteiger charge is -2.33. The van der Waals surface area contributed by atoms with Gasteiger partial charge in [-0.15, -0.1) is 0 Å². The third kappa shape index (κ3) is 4.72. The van der Waals surface area contributed by atoms with Gasteiger partial charge in [0, 0.05) is 23.1 Å². The van der Waals surface area contributed by atoms with Crippen LogP contribution in [0.1, 0.15) is 49.4 Å². The van der Waals surface area contributed by atoms with Crippen LogP contribution in [0.5, 0.6) is 0 Å². The number of aromatic nitrogens is 1. The van der Waals surface area contributed by atoms with Gasteiger partial charge >= 0.3 is 5.97 Å². The highest BCUT2D eigenvalue weighted by molar-refractivity contribution is 5.89. The molecule has 1 aliphatic carbocycles. The first kappa shape index (κ1) is 22.1. The highest BCUT2D eigenvalue weighted by Gasteiger charge is 2.39. The lowest BCUT2D eigenvalue weighted by atomic mass is 9.73. The van der Waals surface area contributed by atoms with Crippen LogP contribution in [0.3, 0.4) is 0 Å². The monoisotopic (exact) mass is 432 g/mol. The first-order valence-electron chi connectivity index (χ1n) is 11.6. The number of benzene rings is 2. The SMILES string of the molecule is CC1(C(=O)NCCCCCc2ccccc2)CCc2c(c3ccccc3n2CC(=O)O)C1. The maximum Gasteiger partial charge on any atom is 0.323 e. The summed E-state index contributed by atoms with van der Waals surface area (Å²) in [5.74, 6) is -0.729. The lowest BCUT2D eigenvalue weighted by Crippen LogP contribution is -2.43. The molecule has 3 aromatic rings. The van der Waals surface area contributed by atoms with Gasteiger partial charge in [-0.2, -0.15) is 0 Å². The molecule has 0 fully saturated rings. The molecule has 0 radical (unpaired) electrons. The predicted octanol–water partition coefficient (Wildman–Crippen LogP) is 4.75. The minimum Gasteiger partial charge on any atom is -0.480 e. The number of carbonyl (C=O) groups excluding carboxylic acids is 1. The maximum atomic E-state index is 13.1. The fourth-order valence-electron chi connectivity index (χ4n) is 4.98. The van der Waals surface area contributed by atoms with E-state index in [1.54, 1.807) is 0 Å². The number of para-hydroxylation sites is 1. The van der Waals surface area contributed by atoms with Gasteiger partial charge in [-0.25, -0.2) is 0 Å². The molecule has 1 unspecified atom stereocenters. The molecule has 4 rings (SSSR count). The van der Waals surface area contributed by atoms with Crippen LogP contribution in [0.25, 0.3) is 10.9 Å². The quantitative estimate of drug-likeness (QED) is 0.479. The number of amides is 1. The van der Waals surface area contributed by atoms with Crippen LogP contribution in [0.2, 0.25) is 0 Å². The average Bonchev–Trinajstić information content (AvgIpc) is 3.09. The van der Waals surface area contributed by atoms with Crippen molar-refractivity contribution in [3.05, 3.63) is 71.4 Å². The number of nitrogens with one attached hydrogen (secondary N) is 1. The minimum absolute atomic E-state index is 0.0399.